The Morgan fingerprint density at radius 3 is 2.07 bits per heavy atom. The van der Waals surface area contributed by atoms with E-state index in [-0.39, 0.29) is 17.3 Å². The lowest BCUT2D eigenvalue weighted by molar-refractivity contribution is -0.118. The third kappa shape index (κ3) is 5.81. The average Bonchev–Trinajstić information content (AvgIpc) is 2.61. The topological polar surface area (TPSA) is 53.1 Å². The van der Waals surface area contributed by atoms with Crippen molar-refractivity contribution in [3.8, 4) is 0 Å². The smallest absolute Gasteiger partial charge is 0.410 e. The van der Waals surface area contributed by atoms with Crippen LogP contribution in [0.2, 0.25) is 0 Å². The number of carbonyl (C=O) groups excluding carboxylic acids is 2. The first-order valence-corrected chi connectivity index (χ1v) is 10.1. The van der Waals surface area contributed by atoms with Crippen molar-refractivity contribution in [3.05, 3.63) is 23.8 Å². The minimum atomic E-state index is -0.714. The summed E-state index contributed by atoms with van der Waals surface area (Å²) in [5.41, 5.74) is -0.503. The van der Waals surface area contributed by atoms with E-state index < -0.39 is 23.3 Å². The monoisotopic (exact) mass is 411 g/mol. The molecule has 8 heteroatoms. The van der Waals surface area contributed by atoms with Gasteiger partial charge in [-0.25, -0.2) is 13.6 Å². The summed E-state index contributed by atoms with van der Waals surface area (Å²) in [7, 11) is 0. The van der Waals surface area contributed by atoms with Gasteiger partial charge in [0.1, 0.15) is 11.3 Å². The summed E-state index contributed by atoms with van der Waals surface area (Å²) < 4.78 is 34.9. The van der Waals surface area contributed by atoms with Gasteiger partial charge in [-0.1, -0.05) is 6.92 Å². The number of piperazine rings is 1. The highest BCUT2D eigenvalue weighted by molar-refractivity contribution is 5.93. The number of hydrogen-bond donors (Lipinski definition) is 0. The summed E-state index contributed by atoms with van der Waals surface area (Å²) >= 11 is 0. The fourth-order valence-electron chi connectivity index (χ4n) is 3.30. The highest BCUT2D eigenvalue weighted by atomic mass is 19.1. The summed E-state index contributed by atoms with van der Waals surface area (Å²) in [6.07, 6.45) is 0.563. The van der Waals surface area contributed by atoms with Gasteiger partial charge >= 0.3 is 6.09 Å². The van der Waals surface area contributed by atoms with Crippen LogP contribution in [0.1, 0.15) is 47.5 Å². The zero-order valence-corrected chi connectivity index (χ0v) is 17.9. The molecule has 1 heterocycles. The van der Waals surface area contributed by atoms with Crippen molar-refractivity contribution < 1.29 is 23.1 Å². The molecule has 0 radical (unpaired) electrons. The standard InChI is InChI=1S/C21H31F2N3O3/c1-6-8-18(27)26(7-2)15-13-16(22)19(17(23)14-15)24-9-11-25(12-10-24)20(28)29-21(3,4)5/h13-14H,6-12H2,1-5H3. The van der Waals surface area contributed by atoms with Gasteiger partial charge in [0.15, 0.2) is 11.6 Å². The highest BCUT2D eigenvalue weighted by Crippen LogP contribution is 2.30. The molecule has 0 N–H and O–H groups in total. The first-order valence-electron chi connectivity index (χ1n) is 10.1. The first kappa shape index (κ1) is 22.9. The Bertz CT molecular complexity index is 718. The largest absolute Gasteiger partial charge is 0.444 e. The van der Waals surface area contributed by atoms with E-state index in [1.165, 1.54) is 21.9 Å². The maximum Gasteiger partial charge on any atom is 0.410 e. The molecule has 29 heavy (non-hydrogen) atoms. The number of anilines is 2. The molecule has 0 bridgehead atoms. The number of benzene rings is 1. The minimum Gasteiger partial charge on any atom is -0.444 e. The second-order valence-electron chi connectivity index (χ2n) is 8.10. The van der Waals surface area contributed by atoms with E-state index >= 15 is 0 Å². The predicted molar refractivity (Wildman–Crippen MR) is 109 cm³/mol. The van der Waals surface area contributed by atoms with Crippen molar-refractivity contribution >= 4 is 23.4 Å². The second kappa shape index (κ2) is 9.41. The fourth-order valence-corrected chi connectivity index (χ4v) is 3.30. The van der Waals surface area contributed by atoms with Gasteiger partial charge in [-0.2, -0.15) is 0 Å². The van der Waals surface area contributed by atoms with Gasteiger partial charge in [0, 0.05) is 44.8 Å². The summed E-state index contributed by atoms with van der Waals surface area (Å²) in [4.78, 5) is 28.9. The highest BCUT2D eigenvalue weighted by Gasteiger charge is 2.29. The zero-order chi connectivity index (χ0) is 21.8. The van der Waals surface area contributed by atoms with Crippen LogP contribution in [0.4, 0.5) is 25.0 Å². The van der Waals surface area contributed by atoms with Gasteiger partial charge in [-0.3, -0.25) is 4.79 Å². The van der Waals surface area contributed by atoms with Gasteiger partial charge in [-0.15, -0.1) is 0 Å². The van der Waals surface area contributed by atoms with Crippen LogP contribution in [0, 0.1) is 11.6 Å². The zero-order valence-electron chi connectivity index (χ0n) is 17.9. The number of halogens is 2. The number of nitrogens with zero attached hydrogens (tertiary/aromatic N) is 3. The maximum atomic E-state index is 14.8. The second-order valence-corrected chi connectivity index (χ2v) is 8.10. The van der Waals surface area contributed by atoms with E-state index in [1.54, 1.807) is 32.6 Å². The maximum absolute atomic E-state index is 14.8. The van der Waals surface area contributed by atoms with Crippen LogP contribution in [0.5, 0.6) is 0 Å². The lowest BCUT2D eigenvalue weighted by Crippen LogP contribution is -2.50. The van der Waals surface area contributed by atoms with E-state index in [1.807, 2.05) is 6.92 Å². The molecule has 2 rings (SSSR count). The van der Waals surface area contributed by atoms with Crippen LogP contribution in [0.15, 0.2) is 12.1 Å². The van der Waals surface area contributed by atoms with E-state index in [0.717, 1.165) is 0 Å². The van der Waals surface area contributed by atoms with Crippen molar-refractivity contribution in [2.75, 3.05) is 42.5 Å². The molecule has 1 aliphatic heterocycles. The molecule has 0 spiro atoms. The number of rotatable bonds is 5. The molecule has 1 aromatic rings. The summed E-state index contributed by atoms with van der Waals surface area (Å²) in [5, 5.41) is 0. The van der Waals surface area contributed by atoms with Crippen LogP contribution in [0.3, 0.4) is 0 Å². The van der Waals surface area contributed by atoms with Gasteiger partial charge in [0.05, 0.1) is 0 Å². The summed E-state index contributed by atoms with van der Waals surface area (Å²) in [6.45, 7) is 10.6. The van der Waals surface area contributed by atoms with E-state index in [0.29, 0.717) is 45.6 Å². The molecule has 1 aliphatic rings. The molecule has 2 amide bonds. The Morgan fingerprint density at radius 2 is 1.62 bits per heavy atom. The Kier molecular flexibility index (Phi) is 7.43. The van der Waals surface area contributed by atoms with Crippen LogP contribution < -0.4 is 9.80 Å². The molecule has 1 fully saturated rings. The Hall–Kier alpha value is -2.38. The molecule has 0 unspecified atom stereocenters. The van der Waals surface area contributed by atoms with Gasteiger partial charge in [0.25, 0.3) is 0 Å². The SMILES string of the molecule is CCCC(=O)N(CC)c1cc(F)c(N2CCN(C(=O)OC(C)(C)C)CC2)c(F)c1. The number of carbonyl (C=O) groups is 2. The van der Waals surface area contributed by atoms with Crippen molar-refractivity contribution in [3.63, 3.8) is 0 Å². The normalized spacial score (nSPS) is 14.7. The van der Waals surface area contributed by atoms with Crippen molar-refractivity contribution in [2.24, 2.45) is 0 Å². The molecule has 1 aromatic carbocycles. The third-order valence-corrected chi connectivity index (χ3v) is 4.64. The van der Waals surface area contributed by atoms with E-state index in [9.17, 15) is 18.4 Å². The van der Waals surface area contributed by atoms with Crippen molar-refractivity contribution in [1.29, 1.82) is 0 Å². The van der Waals surface area contributed by atoms with E-state index in [2.05, 4.69) is 0 Å². The average molecular weight is 411 g/mol. The molecule has 162 valence electrons. The van der Waals surface area contributed by atoms with Crippen molar-refractivity contribution in [2.45, 2.75) is 53.1 Å². The number of amides is 2. The van der Waals surface area contributed by atoms with Crippen LogP contribution in [-0.4, -0.2) is 55.2 Å². The number of ether oxygens (including phenoxy) is 1. The number of hydrogen-bond acceptors (Lipinski definition) is 4. The third-order valence-electron chi connectivity index (χ3n) is 4.64. The van der Waals surface area contributed by atoms with Crippen LogP contribution >= 0.6 is 0 Å². The Balaban J connectivity index is 2.13. The lowest BCUT2D eigenvalue weighted by Gasteiger charge is -2.37. The molecule has 1 saturated heterocycles. The Morgan fingerprint density at radius 1 is 1.07 bits per heavy atom. The van der Waals surface area contributed by atoms with Gasteiger partial charge in [-0.05, 0) is 46.2 Å². The molecule has 0 atom stereocenters. The molecular formula is C21H31F2N3O3. The Labute approximate surface area is 171 Å². The van der Waals surface area contributed by atoms with Crippen LogP contribution in [-0.2, 0) is 9.53 Å². The molecule has 0 aliphatic carbocycles. The summed E-state index contributed by atoms with van der Waals surface area (Å²) in [5.74, 6) is -1.59. The molecule has 6 nitrogen and oxygen atoms in total. The van der Waals surface area contributed by atoms with Gasteiger partial charge in [0.2, 0.25) is 5.91 Å². The molecule has 0 aromatic heterocycles. The lowest BCUT2D eigenvalue weighted by atomic mass is 10.1. The molecule has 0 saturated carbocycles. The molecular weight excluding hydrogens is 380 g/mol. The van der Waals surface area contributed by atoms with Crippen molar-refractivity contribution in [1.82, 2.24) is 4.90 Å². The first-order chi connectivity index (χ1) is 13.6. The van der Waals surface area contributed by atoms with Crippen LogP contribution in [0.25, 0.3) is 0 Å². The summed E-state index contributed by atoms with van der Waals surface area (Å²) in [6, 6.07) is 2.41. The van der Waals surface area contributed by atoms with E-state index in [4.69, 9.17) is 4.74 Å². The fraction of sp³-hybridized carbons (Fsp3) is 0.619. The minimum absolute atomic E-state index is 0.128. The predicted octanol–water partition coefficient (Wildman–Crippen LogP) is 4.17. The quantitative estimate of drug-likeness (QED) is 0.730. The van der Waals surface area contributed by atoms with Gasteiger partial charge < -0.3 is 19.4 Å².